The van der Waals surface area contributed by atoms with Crippen LogP contribution in [0.15, 0.2) is 28.7 Å². The molecule has 0 saturated heterocycles. The Morgan fingerprint density at radius 1 is 1.50 bits per heavy atom. The quantitative estimate of drug-likeness (QED) is 0.862. The first-order chi connectivity index (χ1) is 9.55. The van der Waals surface area contributed by atoms with E-state index in [0.29, 0.717) is 23.7 Å². The van der Waals surface area contributed by atoms with Gasteiger partial charge < -0.3 is 9.32 Å². The minimum Gasteiger partial charge on any atom is -0.451 e. The second-order valence-corrected chi connectivity index (χ2v) is 5.10. The van der Waals surface area contributed by atoms with Crippen LogP contribution in [0.25, 0.3) is 11.0 Å². The molecule has 0 aliphatic rings. The lowest BCUT2D eigenvalue weighted by Crippen LogP contribution is -2.34. The number of hydrogen-bond donors (Lipinski definition) is 0. The first-order valence-electron chi connectivity index (χ1n) is 6.43. The van der Waals surface area contributed by atoms with E-state index in [4.69, 9.17) is 21.3 Å². The summed E-state index contributed by atoms with van der Waals surface area (Å²) in [5, 5.41) is 10.2. The summed E-state index contributed by atoms with van der Waals surface area (Å²) in [6.07, 6.45) is 0. The number of nitriles is 1. The zero-order valence-electron chi connectivity index (χ0n) is 11.4. The lowest BCUT2D eigenvalue weighted by molar-refractivity contribution is 0.0723. The van der Waals surface area contributed by atoms with E-state index in [9.17, 15) is 4.79 Å². The molecule has 1 aromatic carbocycles. The van der Waals surface area contributed by atoms with E-state index in [-0.39, 0.29) is 17.6 Å². The van der Waals surface area contributed by atoms with Crippen molar-refractivity contribution >= 4 is 28.5 Å². The summed E-state index contributed by atoms with van der Waals surface area (Å²) in [4.78, 5) is 14.0. The van der Waals surface area contributed by atoms with Crippen molar-refractivity contribution in [1.82, 2.24) is 4.90 Å². The predicted octanol–water partition coefficient (Wildman–Crippen LogP) is 3.71. The van der Waals surface area contributed by atoms with Crippen LogP contribution < -0.4 is 0 Å². The van der Waals surface area contributed by atoms with Gasteiger partial charge in [0.05, 0.1) is 12.0 Å². The van der Waals surface area contributed by atoms with Crippen molar-refractivity contribution in [3.8, 4) is 6.07 Å². The molecule has 1 aromatic heterocycles. The van der Waals surface area contributed by atoms with Gasteiger partial charge in [-0.05, 0) is 38.1 Å². The number of fused-ring (bicyclic) bond motifs is 1. The van der Waals surface area contributed by atoms with Gasteiger partial charge in [-0.1, -0.05) is 11.6 Å². The molecule has 0 radical (unpaired) electrons. The molecule has 1 heterocycles. The summed E-state index contributed by atoms with van der Waals surface area (Å²) in [5.74, 6) is -0.145. The normalized spacial score (nSPS) is 12.1. The Morgan fingerprint density at radius 2 is 2.25 bits per heavy atom. The minimum atomic E-state index is -0.210. The van der Waals surface area contributed by atoms with E-state index >= 15 is 0 Å². The Kier molecular flexibility index (Phi) is 4.31. The summed E-state index contributed by atoms with van der Waals surface area (Å²) < 4.78 is 5.55. The van der Waals surface area contributed by atoms with Crippen molar-refractivity contribution < 1.29 is 9.21 Å². The number of carbonyl (C=O) groups excluding carboxylic acids is 1. The van der Waals surface area contributed by atoms with Crippen LogP contribution in [0.1, 0.15) is 24.4 Å². The summed E-state index contributed by atoms with van der Waals surface area (Å²) in [5.41, 5.74) is 0.627. The van der Waals surface area contributed by atoms with Crippen molar-refractivity contribution in [3.05, 3.63) is 35.0 Å². The fraction of sp³-hybridized carbons (Fsp3) is 0.333. The van der Waals surface area contributed by atoms with Crippen molar-refractivity contribution in [2.24, 2.45) is 5.92 Å². The van der Waals surface area contributed by atoms with Crippen LogP contribution in [0, 0.1) is 17.2 Å². The van der Waals surface area contributed by atoms with E-state index in [1.54, 1.807) is 36.1 Å². The molecule has 0 spiro atoms. The van der Waals surface area contributed by atoms with Crippen molar-refractivity contribution in [2.45, 2.75) is 13.8 Å². The summed E-state index contributed by atoms with van der Waals surface area (Å²) in [7, 11) is 0. The van der Waals surface area contributed by atoms with Crippen molar-refractivity contribution in [1.29, 1.82) is 5.26 Å². The van der Waals surface area contributed by atoms with Crippen molar-refractivity contribution in [2.75, 3.05) is 13.1 Å². The second kappa shape index (κ2) is 5.98. The van der Waals surface area contributed by atoms with Crippen LogP contribution in [-0.2, 0) is 0 Å². The first kappa shape index (κ1) is 14.4. The Balaban J connectivity index is 2.27. The van der Waals surface area contributed by atoms with Crippen LogP contribution in [0.2, 0.25) is 5.02 Å². The Morgan fingerprint density at radius 3 is 2.90 bits per heavy atom. The number of rotatable bonds is 4. The van der Waals surface area contributed by atoms with Crippen LogP contribution in [0.3, 0.4) is 0 Å². The number of hydrogen-bond acceptors (Lipinski definition) is 3. The number of carbonyl (C=O) groups is 1. The number of nitrogens with zero attached hydrogens (tertiary/aromatic N) is 2. The molecule has 0 saturated carbocycles. The van der Waals surface area contributed by atoms with Gasteiger partial charge in [0.1, 0.15) is 5.58 Å². The fourth-order valence-electron chi connectivity index (χ4n) is 2.00. The average Bonchev–Trinajstić information content (AvgIpc) is 2.86. The third-order valence-corrected chi connectivity index (χ3v) is 3.31. The smallest absolute Gasteiger partial charge is 0.289 e. The molecule has 2 aromatic rings. The molecule has 5 heteroatoms. The molecule has 0 bridgehead atoms. The lowest BCUT2D eigenvalue weighted by atomic mass is 10.2. The van der Waals surface area contributed by atoms with Crippen molar-refractivity contribution in [3.63, 3.8) is 0 Å². The SMILES string of the molecule is CCN(C[C@@H](C)C#N)C(=O)c1cc2cc(Cl)ccc2o1. The summed E-state index contributed by atoms with van der Waals surface area (Å²) in [6, 6.07) is 9.03. The largest absolute Gasteiger partial charge is 0.451 e. The van der Waals surface area contributed by atoms with Gasteiger partial charge in [0.25, 0.3) is 5.91 Å². The van der Waals surface area contributed by atoms with Crippen LogP contribution in [0.5, 0.6) is 0 Å². The maximum Gasteiger partial charge on any atom is 0.289 e. The maximum atomic E-state index is 12.4. The molecule has 0 aliphatic carbocycles. The highest BCUT2D eigenvalue weighted by atomic mass is 35.5. The topological polar surface area (TPSA) is 57.2 Å². The van der Waals surface area contributed by atoms with Crippen LogP contribution >= 0.6 is 11.6 Å². The Labute approximate surface area is 122 Å². The molecular formula is C15H15ClN2O2. The van der Waals surface area contributed by atoms with Gasteiger partial charge in [-0.3, -0.25) is 4.79 Å². The van der Waals surface area contributed by atoms with E-state index in [0.717, 1.165) is 5.39 Å². The highest BCUT2D eigenvalue weighted by Crippen LogP contribution is 2.24. The molecule has 0 aliphatic heterocycles. The molecule has 4 nitrogen and oxygen atoms in total. The standard InChI is InChI=1S/C15H15ClN2O2/c1-3-18(9-10(2)8-17)15(19)14-7-11-6-12(16)4-5-13(11)20-14/h4-7,10H,3,9H2,1-2H3/t10-/m0/s1. The molecular weight excluding hydrogens is 276 g/mol. The molecule has 20 heavy (non-hydrogen) atoms. The summed E-state index contributed by atoms with van der Waals surface area (Å²) >= 11 is 5.91. The van der Waals surface area contributed by atoms with Crippen LogP contribution in [-0.4, -0.2) is 23.9 Å². The van der Waals surface area contributed by atoms with E-state index in [1.807, 2.05) is 6.92 Å². The van der Waals surface area contributed by atoms with E-state index in [1.165, 1.54) is 0 Å². The van der Waals surface area contributed by atoms with E-state index < -0.39 is 0 Å². The molecule has 0 fully saturated rings. The molecule has 0 unspecified atom stereocenters. The minimum absolute atomic E-state index is 0.207. The lowest BCUT2D eigenvalue weighted by Gasteiger charge is -2.20. The van der Waals surface area contributed by atoms with Gasteiger partial charge in [-0.2, -0.15) is 5.26 Å². The van der Waals surface area contributed by atoms with Gasteiger partial charge >= 0.3 is 0 Å². The predicted molar refractivity (Wildman–Crippen MR) is 77.6 cm³/mol. The number of amides is 1. The Bertz CT molecular complexity index is 672. The molecule has 1 atom stereocenters. The van der Waals surface area contributed by atoms with Gasteiger partial charge in [0.15, 0.2) is 5.76 Å². The fourth-order valence-corrected chi connectivity index (χ4v) is 2.18. The maximum absolute atomic E-state index is 12.4. The average molecular weight is 291 g/mol. The molecule has 104 valence electrons. The number of furan rings is 1. The zero-order valence-corrected chi connectivity index (χ0v) is 12.1. The molecule has 0 N–H and O–H groups in total. The molecule has 1 amide bonds. The monoisotopic (exact) mass is 290 g/mol. The Hall–Kier alpha value is -1.99. The highest BCUT2D eigenvalue weighted by Gasteiger charge is 2.20. The van der Waals surface area contributed by atoms with Gasteiger partial charge in [0.2, 0.25) is 0 Å². The number of benzene rings is 1. The third kappa shape index (κ3) is 2.94. The zero-order chi connectivity index (χ0) is 14.7. The number of halogens is 1. The second-order valence-electron chi connectivity index (χ2n) is 4.67. The van der Waals surface area contributed by atoms with E-state index in [2.05, 4.69) is 6.07 Å². The van der Waals surface area contributed by atoms with Gasteiger partial charge in [0, 0.05) is 23.5 Å². The van der Waals surface area contributed by atoms with Gasteiger partial charge in [-0.25, -0.2) is 0 Å². The summed E-state index contributed by atoms with van der Waals surface area (Å²) in [6.45, 7) is 4.59. The van der Waals surface area contributed by atoms with Crippen LogP contribution in [0.4, 0.5) is 0 Å². The molecule has 2 rings (SSSR count). The highest BCUT2D eigenvalue weighted by molar-refractivity contribution is 6.31. The van der Waals surface area contributed by atoms with Gasteiger partial charge in [-0.15, -0.1) is 0 Å². The third-order valence-electron chi connectivity index (χ3n) is 3.07. The first-order valence-corrected chi connectivity index (χ1v) is 6.81.